The van der Waals surface area contributed by atoms with E-state index in [1.54, 1.807) is 28.4 Å². The fraction of sp³-hybridized carbons (Fsp3) is 0. The molecular weight excluding hydrogens is 486 g/mol. The molecular formula is C24H15ClN7O2S-. The summed E-state index contributed by atoms with van der Waals surface area (Å²) in [6, 6.07) is 22.6. The van der Waals surface area contributed by atoms with Crippen molar-refractivity contribution in [3.8, 4) is 0 Å². The van der Waals surface area contributed by atoms with Crippen LogP contribution < -0.4 is 28.1 Å². The summed E-state index contributed by atoms with van der Waals surface area (Å²) in [4.78, 5) is 29.0. The number of para-hydroxylation sites is 1. The molecule has 0 radical (unpaired) electrons. The summed E-state index contributed by atoms with van der Waals surface area (Å²) >= 11 is 1.50. The number of azo groups is 1. The first-order valence-corrected chi connectivity index (χ1v) is 11.2. The summed E-state index contributed by atoms with van der Waals surface area (Å²) in [6.45, 7) is 0. The molecule has 35 heavy (non-hydrogen) atoms. The van der Waals surface area contributed by atoms with Crippen LogP contribution in [-0.4, -0.2) is 22.6 Å². The number of hydrogen-bond donors (Lipinski definition) is 1. The van der Waals surface area contributed by atoms with Gasteiger partial charge < -0.3 is 12.4 Å². The quantitative estimate of drug-likeness (QED) is 0.458. The number of nitrogens with zero attached hydrogens (tertiary/aromatic N) is 6. The lowest BCUT2D eigenvalue weighted by Gasteiger charge is -2.25. The molecule has 4 aromatic rings. The van der Waals surface area contributed by atoms with Gasteiger partial charge in [-0.3, -0.25) is 15.0 Å². The number of amidine groups is 1. The van der Waals surface area contributed by atoms with E-state index in [4.69, 9.17) is 4.98 Å². The van der Waals surface area contributed by atoms with E-state index in [2.05, 4.69) is 20.8 Å². The molecule has 9 nitrogen and oxygen atoms in total. The van der Waals surface area contributed by atoms with Crippen LogP contribution in [-0.2, 0) is 0 Å². The number of aromatic nitrogens is 1. The second kappa shape index (κ2) is 9.09. The van der Waals surface area contributed by atoms with Gasteiger partial charge in [0, 0.05) is 0 Å². The third kappa shape index (κ3) is 4.16. The van der Waals surface area contributed by atoms with E-state index in [1.807, 2.05) is 66.7 Å². The van der Waals surface area contributed by atoms with Gasteiger partial charge >= 0.3 is 0 Å². The van der Waals surface area contributed by atoms with E-state index in [9.17, 15) is 9.59 Å². The SMILES string of the molecule is O=C1N=NC(=O)c2cc(N3N=C(C=Cc4ccccc4)NN3c3nc4ccccc4s3)ccc21.[Cl-]. The molecule has 11 heteroatoms. The predicted octanol–water partition coefficient (Wildman–Crippen LogP) is 1.82. The molecule has 0 saturated heterocycles. The largest absolute Gasteiger partial charge is 1.00 e. The highest BCUT2D eigenvalue weighted by molar-refractivity contribution is 7.22. The molecule has 172 valence electrons. The van der Waals surface area contributed by atoms with Crippen molar-refractivity contribution in [2.45, 2.75) is 0 Å². The predicted molar refractivity (Wildman–Crippen MR) is 131 cm³/mol. The Morgan fingerprint density at radius 3 is 2.37 bits per heavy atom. The number of nitrogens with one attached hydrogen (secondary N) is 1. The van der Waals surface area contributed by atoms with Crippen LogP contribution in [0.4, 0.5) is 10.8 Å². The van der Waals surface area contributed by atoms with Crippen molar-refractivity contribution < 1.29 is 22.0 Å². The van der Waals surface area contributed by atoms with E-state index in [1.165, 1.54) is 11.3 Å². The Morgan fingerprint density at radius 1 is 0.829 bits per heavy atom. The van der Waals surface area contributed by atoms with Crippen LogP contribution in [0.15, 0.2) is 94.2 Å². The van der Waals surface area contributed by atoms with Gasteiger partial charge in [0.2, 0.25) is 5.13 Å². The minimum atomic E-state index is -0.566. The molecule has 0 aliphatic carbocycles. The lowest BCUT2D eigenvalue weighted by Crippen LogP contribution is -3.00. The first-order chi connectivity index (χ1) is 16.7. The zero-order valence-corrected chi connectivity index (χ0v) is 19.4. The van der Waals surface area contributed by atoms with Crippen LogP contribution in [0, 0.1) is 0 Å². The number of fused-ring (bicyclic) bond motifs is 2. The number of halogens is 1. The van der Waals surface area contributed by atoms with Gasteiger partial charge in [0.1, 0.15) is 0 Å². The summed E-state index contributed by atoms with van der Waals surface area (Å²) in [7, 11) is 0. The third-order valence-electron chi connectivity index (χ3n) is 5.24. The fourth-order valence-electron chi connectivity index (χ4n) is 3.61. The molecule has 0 unspecified atom stereocenters. The highest BCUT2D eigenvalue weighted by atomic mass is 35.5. The Kier molecular flexibility index (Phi) is 5.81. The van der Waals surface area contributed by atoms with Crippen molar-refractivity contribution in [2.75, 3.05) is 10.2 Å². The number of rotatable bonds is 4. The molecule has 0 atom stereocenters. The minimum Gasteiger partial charge on any atom is -1.00 e. The summed E-state index contributed by atoms with van der Waals surface area (Å²) in [5.74, 6) is -0.537. The van der Waals surface area contributed by atoms with E-state index in [0.717, 1.165) is 15.8 Å². The Bertz CT molecular complexity index is 1520. The number of carbonyl (C=O) groups excluding carboxylic acids is 2. The van der Waals surface area contributed by atoms with Gasteiger partial charge in [0.15, 0.2) is 5.84 Å². The lowest BCUT2D eigenvalue weighted by atomic mass is 10.0. The van der Waals surface area contributed by atoms with Gasteiger partial charge in [0.05, 0.1) is 27.0 Å². The maximum Gasteiger partial charge on any atom is 0.296 e. The molecule has 2 amide bonds. The van der Waals surface area contributed by atoms with Crippen LogP contribution in [0.25, 0.3) is 16.3 Å². The van der Waals surface area contributed by atoms with Crippen LogP contribution in [0.2, 0.25) is 0 Å². The Labute approximate surface area is 209 Å². The van der Waals surface area contributed by atoms with E-state index in [0.29, 0.717) is 16.7 Å². The number of benzene rings is 3. The number of anilines is 2. The average molecular weight is 501 g/mol. The van der Waals surface area contributed by atoms with Gasteiger partial charge in [-0.1, -0.05) is 59.9 Å². The van der Waals surface area contributed by atoms with Crippen LogP contribution >= 0.6 is 11.3 Å². The van der Waals surface area contributed by atoms with E-state index in [-0.39, 0.29) is 23.5 Å². The van der Waals surface area contributed by atoms with Gasteiger partial charge in [-0.05, 0) is 42.0 Å². The highest BCUT2D eigenvalue weighted by Gasteiger charge is 2.30. The van der Waals surface area contributed by atoms with Crippen molar-refractivity contribution in [2.24, 2.45) is 15.3 Å². The van der Waals surface area contributed by atoms with Crippen molar-refractivity contribution >= 4 is 56.1 Å². The molecule has 2 aliphatic heterocycles. The second-order valence-electron chi connectivity index (χ2n) is 7.45. The van der Waals surface area contributed by atoms with E-state index >= 15 is 0 Å². The molecule has 2 aliphatic rings. The third-order valence-corrected chi connectivity index (χ3v) is 6.25. The summed E-state index contributed by atoms with van der Waals surface area (Å²) in [6.07, 6.45) is 3.80. The maximum absolute atomic E-state index is 12.3. The van der Waals surface area contributed by atoms with Crippen molar-refractivity contribution in [1.29, 1.82) is 0 Å². The van der Waals surface area contributed by atoms with E-state index < -0.39 is 11.8 Å². The molecule has 0 saturated carbocycles. The zero-order valence-electron chi connectivity index (χ0n) is 17.9. The van der Waals surface area contributed by atoms with Gasteiger partial charge in [-0.25, -0.2) is 4.98 Å². The molecule has 1 aromatic heterocycles. The highest BCUT2D eigenvalue weighted by Crippen LogP contribution is 2.33. The smallest absolute Gasteiger partial charge is 0.296 e. The zero-order chi connectivity index (χ0) is 23.1. The van der Waals surface area contributed by atoms with Crippen LogP contribution in [0.1, 0.15) is 26.3 Å². The van der Waals surface area contributed by atoms with Crippen LogP contribution in [0.3, 0.4) is 0 Å². The van der Waals surface area contributed by atoms with Crippen molar-refractivity contribution in [3.05, 3.63) is 95.6 Å². The monoisotopic (exact) mass is 500 g/mol. The molecule has 6 rings (SSSR count). The number of hydrazone groups is 1. The van der Waals surface area contributed by atoms with Crippen LogP contribution in [0.5, 0.6) is 0 Å². The Balaban J connectivity index is 0.00000253. The first-order valence-electron chi connectivity index (χ1n) is 10.3. The number of amides is 2. The van der Waals surface area contributed by atoms with Gasteiger partial charge in [-0.2, -0.15) is 0 Å². The number of hydrazine groups is 2. The first kappa shape index (κ1) is 22.4. The van der Waals surface area contributed by atoms with Crippen molar-refractivity contribution in [3.63, 3.8) is 0 Å². The van der Waals surface area contributed by atoms with Gasteiger partial charge in [-0.15, -0.1) is 25.6 Å². The molecule has 0 fully saturated rings. The molecule has 3 heterocycles. The Hall–Kier alpha value is -4.41. The molecule has 0 spiro atoms. The summed E-state index contributed by atoms with van der Waals surface area (Å²) < 4.78 is 1.03. The number of hydrogen-bond acceptors (Lipinski definition) is 8. The number of thiazole rings is 1. The summed E-state index contributed by atoms with van der Waals surface area (Å²) in [5.41, 5.74) is 6.12. The number of carbonyl (C=O) groups is 2. The maximum atomic E-state index is 12.3. The average Bonchev–Trinajstić information content (AvgIpc) is 3.50. The fourth-order valence-corrected chi connectivity index (χ4v) is 4.52. The second-order valence-corrected chi connectivity index (χ2v) is 8.46. The topological polar surface area (TPSA) is 103 Å². The van der Waals surface area contributed by atoms with Crippen molar-refractivity contribution in [1.82, 2.24) is 10.4 Å². The molecule has 1 N–H and O–H groups in total. The Morgan fingerprint density at radius 2 is 1.57 bits per heavy atom. The molecule has 3 aromatic carbocycles. The minimum absolute atomic E-state index is 0. The lowest BCUT2D eigenvalue weighted by molar-refractivity contribution is -0.0000214. The van der Waals surface area contributed by atoms with Gasteiger partial charge in [0.25, 0.3) is 11.8 Å². The normalized spacial score (nSPS) is 14.8. The molecule has 0 bridgehead atoms. The standard InChI is InChI=1S/C24H15N7O2S.ClH/c32-22-17-12-11-16(14-18(17)23(33)27-26-22)30-28-21(13-10-15-6-2-1-3-7-15)29-31(30)24-25-19-8-4-5-9-20(19)34-24;/h1-14H,(H,28,29);1H/p-1. The summed E-state index contributed by atoms with van der Waals surface area (Å²) in [5, 5.41) is 15.5.